The normalized spacial score (nSPS) is 16.3. The van der Waals surface area contributed by atoms with E-state index in [1.54, 1.807) is 44.4 Å². The first-order valence-corrected chi connectivity index (χ1v) is 11.7. The number of carbonyl (C=O) groups excluding carboxylic acids is 2. The zero-order valence-electron chi connectivity index (χ0n) is 18.7. The molecule has 1 unspecified atom stereocenters. The van der Waals surface area contributed by atoms with Gasteiger partial charge in [-0.15, -0.1) is 0 Å². The highest BCUT2D eigenvalue weighted by molar-refractivity contribution is 7.89. The SMILES string of the molecule is COc1ccc(CNC(=O)C(=O)NCC2OCCN2S(=O)(=O)c2ccc(OC)c(C)c2)cc1. The number of aryl methyl sites for hydroxylation is 1. The molecule has 1 saturated heterocycles. The number of benzene rings is 2. The number of amides is 2. The lowest BCUT2D eigenvalue weighted by Crippen LogP contribution is -2.47. The largest absolute Gasteiger partial charge is 0.497 e. The number of nitrogens with zero attached hydrogens (tertiary/aromatic N) is 1. The summed E-state index contributed by atoms with van der Waals surface area (Å²) in [5, 5.41) is 4.96. The van der Waals surface area contributed by atoms with Gasteiger partial charge in [0.2, 0.25) is 10.0 Å². The Kier molecular flexibility index (Phi) is 7.90. The van der Waals surface area contributed by atoms with Gasteiger partial charge in [-0.3, -0.25) is 9.59 Å². The van der Waals surface area contributed by atoms with Crippen LogP contribution in [-0.2, 0) is 30.9 Å². The predicted molar refractivity (Wildman–Crippen MR) is 119 cm³/mol. The minimum atomic E-state index is -3.86. The van der Waals surface area contributed by atoms with Crippen molar-refractivity contribution in [2.45, 2.75) is 24.6 Å². The number of sulfonamides is 1. The average molecular weight is 478 g/mol. The van der Waals surface area contributed by atoms with Gasteiger partial charge in [-0.1, -0.05) is 12.1 Å². The van der Waals surface area contributed by atoms with Gasteiger partial charge in [0, 0.05) is 13.1 Å². The highest BCUT2D eigenvalue weighted by Crippen LogP contribution is 2.26. The lowest BCUT2D eigenvalue weighted by atomic mass is 10.2. The molecule has 1 heterocycles. The second-order valence-corrected chi connectivity index (χ2v) is 9.20. The van der Waals surface area contributed by atoms with E-state index in [-0.39, 0.29) is 31.1 Å². The van der Waals surface area contributed by atoms with E-state index in [2.05, 4.69) is 10.6 Å². The lowest BCUT2D eigenvalue weighted by molar-refractivity contribution is -0.139. The van der Waals surface area contributed by atoms with Crippen molar-refractivity contribution in [3.63, 3.8) is 0 Å². The summed E-state index contributed by atoms with van der Waals surface area (Å²) in [7, 11) is -0.799. The number of hydrogen-bond donors (Lipinski definition) is 2. The maximum Gasteiger partial charge on any atom is 0.309 e. The molecule has 1 atom stereocenters. The van der Waals surface area contributed by atoms with Crippen LogP contribution in [0.15, 0.2) is 47.4 Å². The van der Waals surface area contributed by atoms with Gasteiger partial charge in [0.25, 0.3) is 0 Å². The number of carbonyl (C=O) groups is 2. The van der Waals surface area contributed by atoms with Crippen LogP contribution in [-0.4, -0.2) is 64.7 Å². The van der Waals surface area contributed by atoms with E-state index in [1.165, 1.54) is 23.5 Å². The molecule has 1 aliphatic rings. The molecule has 0 spiro atoms. The number of rotatable bonds is 8. The Morgan fingerprint density at radius 3 is 2.39 bits per heavy atom. The molecular weight excluding hydrogens is 450 g/mol. The molecular formula is C22H27N3O7S. The molecule has 33 heavy (non-hydrogen) atoms. The van der Waals surface area contributed by atoms with Crippen LogP contribution in [0.1, 0.15) is 11.1 Å². The van der Waals surface area contributed by atoms with Gasteiger partial charge in [0.1, 0.15) is 17.7 Å². The van der Waals surface area contributed by atoms with Crippen molar-refractivity contribution in [1.82, 2.24) is 14.9 Å². The van der Waals surface area contributed by atoms with Gasteiger partial charge in [-0.2, -0.15) is 4.31 Å². The van der Waals surface area contributed by atoms with Crippen LogP contribution in [0.25, 0.3) is 0 Å². The Balaban J connectivity index is 1.56. The summed E-state index contributed by atoms with van der Waals surface area (Å²) >= 11 is 0. The third-order valence-electron chi connectivity index (χ3n) is 5.17. The summed E-state index contributed by atoms with van der Waals surface area (Å²) in [6.07, 6.45) is -0.921. The van der Waals surface area contributed by atoms with E-state index in [4.69, 9.17) is 14.2 Å². The van der Waals surface area contributed by atoms with Gasteiger partial charge in [-0.05, 0) is 48.4 Å². The third kappa shape index (κ3) is 5.81. The van der Waals surface area contributed by atoms with Crippen molar-refractivity contribution in [3.8, 4) is 11.5 Å². The van der Waals surface area contributed by atoms with E-state index < -0.39 is 28.1 Å². The Morgan fingerprint density at radius 2 is 1.76 bits per heavy atom. The van der Waals surface area contributed by atoms with Crippen LogP contribution in [0.5, 0.6) is 11.5 Å². The number of ether oxygens (including phenoxy) is 3. The van der Waals surface area contributed by atoms with Crippen molar-refractivity contribution < 1.29 is 32.2 Å². The minimum absolute atomic E-state index is 0.0971. The van der Waals surface area contributed by atoms with E-state index in [1.807, 2.05) is 0 Å². The smallest absolute Gasteiger partial charge is 0.309 e. The Hall–Kier alpha value is -3.15. The maximum absolute atomic E-state index is 13.1. The summed E-state index contributed by atoms with van der Waals surface area (Å²) < 4.78 is 43.1. The van der Waals surface area contributed by atoms with Gasteiger partial charge < -0.3 is 24.8 Å². The van der Waals surface area contributed by atoms with Gasteiger partial charge in [0.15, 0.2) is 0 Å². The van der Waals surface area contributed by atoms with Crippen LogP contribution in [0.4, 0.5) is 0 Å². The number of hydrogen-bond acceptors (Lipinski definition) is 7. The van der Waals surface area contributed by atoms with Crippen molar-refractivity contribution >= 4 is 21.8 Å². The second kappa shape index (κ2) is 10.6. The van der Waals surface area contributed by atoms with Crippen LogP contribution in [0.2, 0.25) is 0 Å². The van der Waals surface area contributed by atoms with E-state index in [0.29, 0.717) is 17.1 Å². The summed E-state index contributed by atoms with van der Waals surface area (Å²) in [5.74, 6) is -0.444. The molecule has 3 rings (SSSR count). The molecule has 178 valence electrons. The number of nitrogens with one attached hydrogen (secondary N) is 2. The van der Waals surface area contributed by atoms with Crippen molar-refractivity contribution in [1.29, 1.82) is 0 Å². The molecule has 0 saturated carbocycles. The highest BCUT2D eigenvalue weighted by atomic mass is 32.2. The highest BCUT2D eigenvalue weighted by Gasteiger charge is 2.37. The lowest BCUT2D eigenvalue weighted by Gasteiger charge is -2.23. The second-order valence-electron chi connectivity index (χ2n) is 7.31. The van der Waals surface area contributed by atoms with Gasteiger partial charge >= 0.3 is 11.8 Å². The molecule has 2 N–H and O–H groups in total. The zero-order valence-corrected chi connectivity index (χ0v) is 19.5. The van der Waals surface area contributed by atoms with Gasteiger partial charge in [-0.25, -0.2) is 8.42 Å². The van der Waals surface area contributed by atoms with Crippen LogP contribution in [0, 0.1) is 6.92 Å². The standard InChI is InChI=1S/C22H27N3O7S/c1-15-12-18(8-9-19(15)31-3)33(28,29)25-10-11-32-20(25)14-24-22(27)21(26)23-13-16-4-6-17(30-2)7-5-16/h4-9,12,20H,10-11,13-14H2,1-3H3,(H,23,26)(H,24,27). The molecule has 11 heteroatoms. The van der Waals surface area contributed by atoms with E-state index in [0.717, 1.165) is 5.56 Å². The number of methoxy groups -OCH3 is 2. The quantitative estimate of drug-likeness (QED) is 0.539. The third-order valence-corrected chi connectivity index (χ3v) is 7.06. The monoisotopic (exact) mass is 477 g/mol. The van der Waals surface area contributed by atoms with Crippen LogP contribution in [0.3, 0.4) is 0 Å². The zero-order chi connectivity index (χ0) is 24.0. The topological polar surface area (TPSA) is 123 Å². The Morgan fingerprint density at radius 1 is 1.06 bits per heavy atom. The van der Waals surface area contributed by atoms with Crippen molar-refractivity contribution in [2.75, 3.05) is 33.9 Å². The average Bonchev–Trinajstić information content (AvgIpc) is 3.30. The first kappa shape index (κ1) is 24.5. The molecule has 0 radical (unpaired) electrons. The Bertz CT molecular complexity index is 1100. The van der Waals surface area contributed by atoms with E-state index in [9.17, 15) is 18.0 Å². The van der Waals surface area contributed by atoms with E-state index >= 15 is 0 Å². The molecule has 1 fully saturated rings. The summed E-state index contributed by atoms with van der Waals surface area (Å²) in [5.41, 5.74) is 1.47. The van der Waals surface area contributed by atoms with Crippen molar-refractivity contribution in [2.24, 2.45) is 0 Å². The minimum Gasteiger partial charge on any atom is -0.497 e. The van der Waals surface area contributed by atoms with Crippen LogP contribution < -0.4 is 20.1 Å². The summed E-state index contributed by atoms with van der Waals surface area (Å²) in [4.78, 5) is 24.4. The molecule has 2 aromatic rings. The molecule has 0 aromatic heterocycles. The molecule has 0 aliphatic carbocycles. The van der Waals surface area contributed by atoms with Gasteiger partial charge in [0.05, 0.1) is 32.3 Å². The molecule has 2 aromatic carbocycles. The first-order valence-electron chi connectivity index (χ1n) is 10.2. The Labute approximate surface area is 192 Å². The van der Waals surface area contributed by atoms with Crippen LogP contribution >= 0.6 is 0 Å². The molecule has 1 aliphatic heterocycles. The summed E-state index contributed by atoms with van der Waals surface area (Å²) in [6.45, 7) is 2.06. The summed E-state index contributed by atoms with van der Waals surface area (Å²) in [6, 6.07) is 11.6. The fourth-order valence-electron chi connectivity index (χ4n) is 3.35. The predicted octanol–water partition coefficient (Wildman–Crippen LogP) is 0.792. The maximum atomic E-state index is 13.1. The van der Waals surface area contributed by atoms with Crippen molar-refractivity contribution in [3.05, 3.63) is 53.6 Å². The first-order chi connectivity index (χ1) is 15.8. The molecule has 0 bridgehead atoms. The molecule has 2 amide bonds. The molecule has 10 nitrogen and oxygen atoms in total. The fraction of sp³-hybridized carbons (Fsp3) is 0.364. The fourth-order valence-corrected chi connectivity index (χ4v) is 4.95.